The number of alkyl halides is 3. The van der Waals surface area contributed by atoms with Crippen LogP contribution in [-0.2, 0) is 0 Å². The molecule has 0 bridgehead atoms. The number of piperidine rings is 1. The highest BCUT2D eigenvalue weighted by Gasteiger charge is 2.34. The van der Waals surface area contributed by atoms with E-state index in [-0.39, 0.29) is 5.92 Å². The van der Waals surface area contributed by atoms with Crippen molar-refractivity contribution in [3.05, 3.63) is 83.0 Å². The highest BCUT2D eigenvalue weighted by Crippen LogP contribution is 2.35. The summed E-state index contributed by atoms with van der Waals surface area (Å²) in [6.45, 7) is 1.67. The lowest BCUT2D eigenvalue weighted by molar-refractivity contribution is -0.148. The molecule has 1 aliphatic heterocycles. The molecule has 5 rings (SSSR count). The van der Waals surface area contributed by atoms with E-state index in [1.165, 1.54) is 4.90 Å². The third kappa shape index (κ3) is 5.63. The first-order chi connectivity index (χ1) is 18.2. The molecular formula is C28H27ClF3N5O. The van der Waals surface area contributed by atoms with Crippen LogP contribution in [0.25, 0.3) is 16.5 Å². The Balaban J connectivity index is 1.41. The van der Waals surface area contributed by atoms with Gasteiger partial charge >= 0.3 is 12.2 Å². The maximum atomic E-state index is 13.2. The number of nitrogens with zero attached hydrogens (tertiary/aromatic N) is 3. The second-order valence-corrected chi connectivity index (χ2v) is 9.90. The van der Waals surface area contributed by atoms with Gasteiger partial charge in [0.2, 0.25) is 0 Å². The number of benzene rings is 3. The number of likely N-dealkylation sites (tertiary alicyclic amines) is 1. The van der Waals surface area contributed by atoms with Crippen molar-refractivity contribution in [1.82, 2.24) is 14.7 Å². The van der Waals surface area contributed by atoms with Gasteiger partial charge in [-0.2, -0.15) is 18.3 Å². The molecule has 38 heavy (non-hydrogen) atoms. The lowest BCUT2D eigenvalue weighted by atomic mass is 9.91. The fourth-order valence-electron chi connectivity index (χ4n) is 5.05. The van der Waals surface area contributed by atoms with E-state index in [4.69, 9.17) is 16.7 Å². The second-order valence-electron chi connectivity index (χ2n) is 9.49. The number of halogens is 4. The molecular weight excluding hydrogens is 515 g/mol. The molecule has 6 nitrogen and oxygen atoms in total. The van der Waals surface area contributed by atoms with Crippen LogP contribution in [0.3, 0.4) is 0 Å². The molecule has 0 saturated carbocycles. The number of fused-ring (bicyclic) bond motifs is 1. The maximum Gasteiger partial charge on any atom is 0.401 e. The first-order valence-corrected chi connectivity index (χ1v) is 12.8. The van der Waals surface area contributed by atoms with E-state index < -0.39 is 18.8 Å². The average Bonchev–Trinajstić information content (AvgIpc) is 3.21. The van der Waals surface area contributed by atoms with Crippen molar-refractivity contribution in [2.24, 2.45) is 0 Å². The fraction of sp³-hybridized carbons (Fsp3) is 0.286. The summed E-state index contributed by atoms with van der Waals surface area (Å²) in [6, 6.07) is 20.0. The zero-order valence-corrected chi connectivity index (χ0v) is 21.5. The van der Waals surface area contributed by atoms with Gasteiger partial charge in [0.15, 0.2) is 0 Å². The third-order valence-electron chi connectivity index (χ3n) is 6.89. The lowest BCUT2D eigenvalue weighted by Crippen LogP contribution is -2.39. The number of urea groups is 1. The van der Waals surface area contributed by atoms with E-state index in [9.17, 15) is 18.0 Å². The van der Waals surface area contributed by atoms with E-state index >= 15 is 0 Å². The number of aromatic nitrogens is 2. The summed E-state index contributed by atoms with van der Waals surface area (Å²) in [5.74, 6) is 0.507. The Morgan fingerprint density at radius 1 is 0.974 bits per heavy atom. The van der Waals surface area contributed by atoms with Gasteiger partial charge in [0.05, 0.1) is 23.6 Å². The van der Waals surface area contributed by atoms with E-state index in [1.807, 2.05) is 61.5 Å². The minimum atomic E-state index is -4.21. The van der Waals surface area contributed by atoms with E-state index in [2.05, 4.69) is 10.6 Å². The summed E-state index contributed by atoms with van der Waals surface area (Å²) in [7, 11) is 0. The molecule has 0 aliphatic carbocycles. The third-order valence-corrected chi connectivity index (χ3v) is 7.22. The number of para-hydroxylation sites is 1. The number of carbonyl (C=O) groups is 1. The largest absolute Gasteiger partial charge is 0.401 e. The molecule has 10 heteroatoms. The van der Waals surface area contributed by atoms with Crippen LogP contribution in [0.2, 0.25) is 5.02 Å². The Labute approximate surface area is 223 Å². The minimum absolute atomic E-state index is 0.00624. The first-order valence-electron chi connectivity index (χ1n) is 12.4. The molecule has 0 atom stereocenters. The quantitative estimate of drug-likeness (QED) is 0.277. The average molecular weight is 542 g/mol. The molecule has 2 amide bonds. The SMILES string of the molecule is Cc1c(C2CCN(CC(F)(F)F)CC2)nn(-c2ccccc2)c1NC(=O)Nc1ccc(Cl)c2ccccc12. The summed E-state index contributed by atoms with van der Waals surface area (Å²) in [4.78, 5) is 14.6. The topological polar surface area (TPSA) is 62.2 Å². The Kier molecular flexibility index (Phi) is 7.32. The molecule has 2 N–H and O–H groups in total. The standard InChI is InChI=1S/C28H27ClF3N5O/c1-18-25(19-13-15-36(16-14-19)17-28(30,31)32)35-37(20-7-3-2-4-8-20)26(18)34-27(38)33-24-12-11-23(29)21-9-5-6-10-22(21)24/h2-12,19H,13-17H2,1H3,(H2,33,34,38). The van der Waals surface area contributed by atoms with E-state index in [0.29, 0.717) is 42.5 Å². The van der Waals surface area contributed by atoms with Gasteiger partial charge in [-0.25, -0.2) is 9.48 Å². The van der Waals surface area contributed by atoms with Crippen molar-refractivity contribution in [2.75, 3.05) is 30.3 Å². The van der Waals surface area contributed by atoms with Crippen LogP contribution in [0.5, 0.6) is 0 Å². The second kappa shape index (κ2) is 10.7. The molecule has 1 fully saturated rings. The van der Waals surface area contributed by atoms with Crippen molar-refractivity contribution in [3.8, 4) is 5.69 Å². The number of anilines is 2. The van der Waals surface area contributed by atoms with Gasteiger partial charge in [0, 0.05) is 27.3 Å². The van der Waals surface area contributed by atoms with Gasteiger partial charge in [0.25, 0.3) is 0 Å². The molecule has 1 saturated heterocycles. The van der Waals surface area contributed by atoms with Crippen LogP contribution in [0.15, 0.2) is 66.7 Å². The highest BCUT2D eigenvalue weighted by molar-refractivity contribution is 6.36. The van der Waals surface area contributed by atoms with Crippen molar-refractivity contribution in [3.63, 3.8) is 0 Å². The van der Waals surface area contributed by atoms with Gasteiger partial charge in [0.1, 0.15) is 5.82 Å². The number of rotatable bonds is 5. The van der Waals surface area contributed by atoms with Crippen molar-refractivity contribution < 1.29 is 18.0 Å². The zero-order chi connectivity index (χ0) is 26.9. The predicted octanol–water partition coefficient (Wildman–Crippen LogP) is 7.37. The Bertz CT molecular complexity index is 1450. The van der Waals surface area contributed by atoms with Gasteiger partial charge in [-0.15, -0.1) is 0 Å². The molecule has 0 unspecified atom stereocenters. The summed E-state index contributed by atoms with van der Waals surface area (Å²) in [5, 5.41) is 13.0. The summed E-state index contributed by atoms with van der Waals surface area (Å²) in [6.07, 6.45) is -3.09. The smallest absolute Gasteiger partial charge is 0.307 e. The molecule has 2 heterocycles. The van der Waals surface area contributed by atoms with Crippen molar-refractivity contribution >= 4 is 39.9 Å². The van der Waals surface area contributed by atoms with Crippen LogP contribution < -0.4 is 10.6 Å². The van der Waals surface area contributed by atoms with Gasteiger partial charge < -0.3 is 5.32 Å². The fourth-order valence-corrected chi connectivity index (χ4v) is 5.28. The normalized spacial score (nSPS) is 15.1. The van der Waals surface area contributed by atoms with E-state index in [0.717, 1.165) is 27.7 Å². The number of amides is 2. The van der Waals surface area contributed by atoms with Crippen molar-refractivity contribution in [1.29, 1.82) is 0 Å². The zero-order valence-electron chi connectivity index (χ0n) is 20.7. The number of nitrogens with one attached hydrogen (secondary N) is 2. The number of hydrogen-bond donors (Lipinski definition) is 2. The van der Waals surface area contributed by atoms with Gasteiger partial charge in [-0.3, -0.25) is 10.2 Å². The van der Waals surface area contributed by atoms with Crippen LogP contribution in [0.1, 0.15) is 30.0 Å². The maximum absolute atomic E-state index is 13.2. The van der Waals surface area contributed by atoms with Crippen LogP contribution in [0, 0.1) is 6.92 Å². The highest BCUT2D eigenvalue weighted by atomic mass is 35.5. The summed E-state index contributed by atoms with van der Waals surface area (Å²) < 4.78 is 40.2. The van der Waals surface area contributed by atoms with Gasteiger partial charge in [-0.05, 0) is 57.1 Å². The molecule has 3 aromatic carbocycles. The van der Waals surface area contributed by atoms with Crippen LogP contribution >= 0.6 is 11.6 Å². The Morgan fingerprint density at radius 2 is 1.63 bits per heavy atom. The summed E-state index contributed by atoms with van der Waals surface area (Å²) >= 11 is 6.32. The molecule has 198 valence electrons. The first kappa shape index (κ1) is 26.1. The predicted molar refractivity (Wildman–Crippen MR) is 144 cm³/mol. The molecule has 0 spiro atoms. The monoisotopic (exact) mass is 541 g/mol. The Hall–Kier alpha value is -3.56. The van der Waals surface area contributed by atoms with Crippen LogP contribution in [-0.4, -0.2) is 46.5 Å². The summed E-state index contributed by atoms with van der Waals surface area (Å²) in [5.41, 5.74) is 2.96. The van der Waals surface area contributed by atoms with Gasteiger partial charge in [-0.1, -0.05) is 54.1 Å². The van der Waals surface area contributed by atoms with E-state index in [1.54, 1.807) is 16.8 Å². The minimum Gasteiger partial charge on any atom is -0.307 e. The molecule has 4 aromatic rings. The lowest BCUT2D eigenvalue weighted by Gasteiger charge is -2.31. The molecule has 1 aliphatic rings. The Morgan fingerprint density at radius 3 is 2.32 bits per heavy atom. The van der Waals surface area contributed by atoms with Crippen LogP contribution in [0.4, 0.5) is 29.5 Å². The van der Waals surface area contributed by atoms with Crippen molar-refractivity contribution in [2.45, 2.75) is 31.9 Å². The molecule has 0 radical (unpaired) electrons. The number of hydrogen-bond acceptors (Lipinski definition) is 3. The molecule has 1 aromatic heterocycles. The number of carbonyl (C=O) groups excluding carboxylic acids is 1.